The molecule has 3 rings (SSSR count). The van der Waals surface area contributed by atoms with Crippen LogP contribution < -0.4 is 10.6 Å². The molecule has 0 aromatic carbocycles. The number of hydrogen-bond donors (Lipinski definition) is 14. The lowest BCUT2D eigenvalue weighted by atomic mass is 9.88. The highest BCUT2D eigenvalue weighted by atomic mass is 16.8. The Balaban J connectivity index is 1.47. The minimum Gasteiger partial charge on any atom is -0.477 e. The summed E-state index contributed by atoms with van der Waals surface area (Å²) >= 11 is 0. The van der Waals surface area contributed by atoms with E-state index in [1.807, 2.05) is 6.08 Å². The standard InChI is InChI=1S/C80H150N2O21/c1-4-6-8-10-12-14-16-18-20-22-24-25-26-27-28-29-30-31-32-33-34-35-36-38-40-42-44-46-48-50-52-54-67(90)82-61(62(87)53-51-49-47-45-43-41-39-37-23-21-19-17-15-13-11-9-7-5-2)59-98-77-72(94)71(93)74(66(58-85)100-77)101-78-73(95)76(70(92)65(57-84)99-78)103-80(79(96)97)55-63(88)68(81-60(3)86)75(102-80)69(91)64(89)56-83/h51,53,61-66,68-78,83-85,87-89,91-95H,4-50,52,54-59H2,1-3H3,(H,81,86)(H,82,90)(H,96,97)/b53-51+. The molecule has 0 aromatic rings. The number of rotatable bonds is 66. The predicted molar refractivity (Wildman–Crippen MR) is 398 cm³/mol. The summed E-state index contributed by atoms with van der Waals surface area (Å²) in [5.74, 6) is -6.13. The highest BCUT2D eigenvalue weighted by Crippen LogP contribution is 2.39. The van der Waals surface area contributed by atoms with E-state index in [1.165, 1.54) is 250 Å². The first-order valence-electron chi connectivity index (χ1n) is 41.6. The number of aliphatic hydroxyl groups excluding tert-OH is 11. The van der Waals surface area contributed by atoms with Gasteiger partial charge in [0.25, 0.3) is 5.79 Å². The number of carboxylic acid groups (broad SMARTS) is 1. The zero-order valence-corrected chi connectivity index (χ0v) is 64.2. The van der Waals surface area contributed by atoms with Crippen molar-refractivity contribution in [2.45, 2.75) is 452 Å². The van der Waals surface area contributed by atoms with E-state index in [2.05, 4.69) is 24.5 Å². The molecule has 3 heterocycles. The third-order valence-corrected chi connectivity index (χ3v) is 21.2. The fourth-order valence-corrected chi connectivity index (χ4v) is 14.7. The first-order chi connectivity index (χ1) is 49.9. The third kappa shape index (κ3) is 39.6. The van der Waals surface area contributed by atoms with E-state index in [4.69, 9.17) is 28.4 Å². The summed E-state index contributed by atoms with van der Waals surface area (Å²) in [4.78, 5) is 38.7. The van der Waals surface area contributed by atoms with E-state index in [0.29, 0.717) is 12.8 Å². The van der Waals surface area contributed by atoms with Gasteiger partial charge in [0.05, 0.1) is 50.7 Å². The minimum atomic E-state index is -3.08. The van der Waals surface area contributed by atoms with Crippen molar-refractivity contribution in [2.75, 3.05) is 26.4 Å². The number of ether oxygens (including phenoxy) is 6. The maximum Gasteiger partial charge on any atom is 0.364 e. The second-order valence-corrected chi connectivity index (χ2v) is 30.4. The van der Waals surface area contributed by atoms with Gasteiger partial charge in [-0.15, -0.1) is 0 Å². The molecular weight excluding hydrogens is 1320 g/mol. The zero-order chi connectivity index (χ0) is 75.3. The van der Waals surface area contributed by atoms with Gasteiger partial charge >= 0.3 is 5.97 Å². The van der Waals surface area contributed by atoms with Crippen molar-refractivity contribution in [2.24, 2.45) is 0 Å². The number of nitrogens with one attached hydrogen (secondary N) is 2. The first-order valence-corrected chi connectivity index (χ1v) is 41.6. The Kier molecular flexibility index (Phi) is 54.6. The van der Waals surface area contributed by atoms with Gasteiger partial charge < -0.3 is 100 Å². The Bertz CT molecular complexity index is 2100. The van der Waals surface area contributed by atoms with Crippen LogP contribution in [-0.2, 0) is 42.8 Å². The molecule has 3 aliphatic heterocycles. The van der Waals surface area contributed by atoms with Gasteiger partial charge in [0.15, 0.2) is 12.6 Å². The van der Waals surface area contributed by atoms with Crippen molar-refractivity contribution < 1.29 is 104 Å². The predicted octanol–water partition coefficient (Wildman–Crippen LogP) is 11.4. The summed E-state index contributed by atoms with van der Waals surface area (Å²) in [5, 5.41) is 136. The molecule has 3 fully saturated rings. The van der Waals surface area contributed by atoms with Crippen LogP contribution in [0.1, 0.15) is 342 Å². The Morgan fingerprint density at radius 2 is 0.903 bits per heavy atom. The number of aliphatic hydroxyl groups is 11. The van der Waals surface area contributed by atoms with Gasteiger partial charge in [-0.3, -0.25) is 9.59 Å². The van der Waals surface area contributed by atoms with Gasteiger partial charge in [-0.2, -0.15) is 0 Å². The SMILES string of the molecule is CCCCCCCCCCCCCCCCCC/C=C/C(O)C(COC1OC(CO)C(OC2OC(CO)C(O)C(OC3(C(=O)O)CC(O)C(NC(C)=O)C(C(O)C(O)CO)O3)C2O)C(O)C1O)NC(=O)CCCCCCCCCCCCCCCCCCCCCCCCCCCCCCCCC. The molecule has 0 radical (unpaired) electrons. The van der Waals surface area contributed by atoms with E-state index in [1.54, 1.807) is 6.08 Å². The number of unbranched alkanes of at least 4 members (excludes halogenated alkanes) is 46. The van der Waals surface area contributed by atoms with Gasteiger partial charge in [-0.1, -0.05) is 315 Å². The lowest BCUT2D eigenvalue weighted by Crippen LogP contribution is -2.70. The Morgan fingerprint density at radius 1 is 0.505 bits per heavy atom. The molecule has 3 saturated heterocycles. The van der Waals surface area contributed by atoms with Crippen LogP contribution in [0.15, 0.2) is 12.2 Å². The van der Waals surface area contributed by atoms with E-state index in [0.717, 1.165) is 51.9 Å². The van der Waals surface area contributed by atoms with Crippen LogP contribution in [0.4, 0.5) is 0 Å². The summed E-state index contributed by atoms with van der Waals surface area (Å²) in [7, 11) is 0. The average Bonchev–Trinajstić information content (AvgIpc) is 0.754. The summed E-state index contributed by atoms with van der Waals surface area (Å²) in [5.41, 5.74) is 0. The molecule has 606 valence electrons. The molecule has 14 N–H and O–H groups in total. The molecule has 18 unspecified atom stereocenters. The van der Waals surface area contributed by atoms with Gasteiger partial charge in [-0.25, -0.2) is 4.79 Å². The number of carbonyl (C=O) groups excluding carboxylic acids is 2. The van der Waals surface area contributed by atoms with Gasteiger partial charge in [0.2, 0.25) is 11.8 Å². The molecule has 18 atom stereocenters. The van der Waals surface area contributed by atoms with Gasteiger partial charge in [-0.05, 0) is 19.3 Å². The van der Waals surface area contributed by atoms with Crippen LogP contribution in [0.25, 0.3) is 0 Å². The van der Waals surface area contributed by atoms with Crippen LogP contribution in [-0.4, -0.2) is 215 Å². The highest BCUT2D eigenvalue weighted by molar-refractivity contribution is 5.77. The van der Waals surface area contributed by atoms with Crippen molar-refractivity contribution in [3.05, 3.63) is 12.2 Å². The lowest BCUT2D eigenvalue weighted by Gasteiger charge is -2.50. The Morgan fingerprint density at radius 3 is 1.29 bits per heavy atom. The van der Waals surface area contributed by atoms with E-state index in [-0.39, 0.29) is 12.3 Å². The zero-order valence-electron chi connectivity index (χ0n) is 64.2. The molecule has 0 aliphatic carbocycles. The van der Waals surface area contributed by atoms with Crippen molar-refractivity contribution in [1.29, 1.82) is 0 Å². The van der Waals surface area contributed by atoms with Crippen molar-refractivity contribution >= 4 is 17.8 Å². The fourth-order valence-electron chi connectivity index (χ4n) is 14.7. The van der Waals surface area contributed by atoms with E-state index in [9.17, 15) is 75.7 Å². The second-order valence-electron chi connectivity index (χ2n) is 30.4. The molecule has 0 spiro atoms. The van der Waals surface area contributed by atoms with E-state index >= 15 is 0 Å². The summed E-state index contributed by atoms with van der Waals surface area (Å²) in [6.07, 6.45) is 35.5. The quantitative estimate of drug-likeness (QED) is 0.0199. The number of aliphatic carboxylic acids is 1. The third-order valence-electron chi connectivity index (χ3n) is 21.2. The molecule has 103 heavy (non-hydrogen) atoms. The average molecular weight is 1480 g/mol. The number of carboxylic acids is 1. The van der Waals surface area contributed by atoms with Crippen molar-refractivity contribution in [3.8, 4) is 0 Å². The summed E-state index contributed by atoms with van der Waals surface area (Å²) in [6, 6.07) is -2.62. The molecule has 2 amide bonds. The molecule has 23 nitrogen and oxygen atoms in total. The molecule has 3 aliphatic rings. The smallest absolute Gasteiger partial charge is 0.364 e. The highest BCUT2D eigenvalue weighted by Gasteiger charge is 2.60. The largest absolute Gasteiger partial charge is 0.477 e. The molecule has 23 heteroatoms. The Labute approximate surface area is 620 Å². The molecule has 0 bridgehead atoms. The topological polar surface area (TPSA) is 373 Å². The molecule has 0 aromatic heterocycles. The van der Waals surface area contributed by atoms with Crippen molar-refractivity contribution in [1.82, 2.24) is 10.6 Å². The van der Waals surface area contributed by atoms with Crippen molar-refractivity contribution in [3.63, 3.8) is 0 Å². The number of carbonyl (C=O) groups is 3. The van der Waals surface area contributed by atoms with Gasteiger partial charge in [0.1, 0.15) is 67.1 Å². The Hall–Kier alpha value is -2.53. The summed E-state index contributed by atoms with van der Waals surface area (Å²) < 4.78 is 34.9. The molecule has 0 saturated carbocycles. The van der Waals surface area contributed by atoms with Crippen LogP contribution >= 0.6 is 0 Å². The maximum absolute atomic E-state index is 13.5. The summed E-state index contributed by atoms with van der Waals surface area (Å²) in [6.45, 7) is 2.20. The van der Waals surface area contributed by atoms with E-state index < -0.39 is 155 Å². The molecular formula is C80H150N2O21. The lowest BCUT2D eigenvalue weighted by molar-refractivity contribution is -0.386. The van der Waals surface area contributed by atoms with Crippen LogP contribution in [0.2, 0.25) is 0 Å². The fraction of sp³-hybridized carbons (Fsp3) is 0.938. The van der Waals surface area contributed by atoms with Gasteiger partial charge in [0, 0.05) is 19.8 Å². The second kappa shape index (κ2) is 59.4. The monoisotopic (exact) mass is 1480 g/mol. The normalized spacial score (nSPS) is 26.5. The van der Waals surface area contributed by atoms with Crippen LogP contribution in [0, 0.1) is 0 Å². The first kappa shape index (κ1) is 94.7. The van der Waals surface area contributed by atoms with Crippen LogP contribution in [0.5, 0.6) is 0 Å². The minimum absolute atomic E-state index is 0.206. The number of hydrogen-bond acceptors (Lipinski definition) is 20. The van der Waals surface area contributed by atoms with Crippen LogP contribution in [0.3, 0.4) is 0 Å². The number of amides is 2. The maximum atomic E-state index is 13.5. The number of allylic oxidation sites excluding steroid dienone is 1.